The molecule has 4 nitrogen and oxygen atoms in total. The number of aromatic hydroxyl groups is 2. The Bertz CT molecular complexity index is 1240. The molecule has 5 rings (SSSR count). The molecule has 31 heavy (non-hydrogen) atoms. The van der Waals surface area contributed by atoms with E-state index in [-0.39, 0.29) is 0 Å². The number of phenolic OH excluding ortho intramolecular Hbond substituents is 2. The van der Waals surface area contributed by atoms with Gasteiger partial charge in [-0.15, -0.1) is 0 Å². The number of hydrogen-bond donors (Lipinski definition) is 2. The summed E-state index contributed by atoms with van der Waals surface area (Å²) in [5.41, 5.74) is 4.55. The number of anilines is 2. The summed E-state index contributed by atoms with van der Waals surface area (Å²) in [6.07, 6.45) is 0. The lowest BCUT2D eigenvalue weighted by molar-refractivity contribution is 0.432. The van der Waals surface area contributed by atoms with E-state index in [2.05, 4.69) is 0 Å². The lowest BCUT2D eigenvalue weighted by Crippen LogP contribution is -2.15. The largest absolute Gasteiger partial charge is 0.505 e. The Balaban J connectivity index is 1.55. The van der Waals surface area contributed by atoms with Gasteiger partial charge in [0.25, 0.3) is 0 Å². The average molecular weight is 417 g/mol. The molecule has 0 unspecified atom stereocenters. The zero-order valence-corrected chi connectivity index (χ0v) is 16.4. The van der Waals surface area contributed by atoms with Crippen LogP contribution >= 0.6 is 0 Å². The molecule has 1 heterocycles. The van der Waals surface area contributed by atoms with Gasteiger partial charge < -0.3 is 19.8 Å². The van der Waals surface area contributed by atoms with E-state index in [0.29, 0.717) is 22.6 Å². The quantitative estimate of drug-likeness (QED) is 0.387. The van der Waals surface area contributed by atoms with Crippen LogP contribution in [0.4, 0.5) is 20.2 Å². The topological polar surface area (TPSA) is 52.9 Å². The standard InChI is InChI=1S/C25H17F2NO3/c1-28-20-10-14(16-2-6-18(26)22(29)12-16)4-8-24(20)31-25-9-5-15(11-21(25)28)17-3-7-19(27)23(30)13-17/h2-13,29-30H,1H3. The van der Waals surface area contributed by atoms with Crippen LogP contribution in [0, 0.1) is 11.6 Å². The number of fused-ring (bicyclic) bond motifs is 2. The van der Waals surface area contributed by atoms with Gasteiger partial charge in [0.15, 0.2) is 34.6 Å². The predicted molar refractivity (Wildman–Crippen MR) is 115 cm³/mol. The molecule has 1 aliphatic rings. The van der Waals surface area contributed by atoms with Crippen molar-refractivity contribution in [2.45, 2.75) is 0 Å². The van der Waals surface area contributed by atoms with Crippen LogP contribution in [0.3, 0.4) is 0 Å². The highest BCUT2D eigenvalue weighted by Gasteiger charge is 2.23. The van der Waals surface area contributed by atoms with Gasteiger partial charge in [-0.05, 0) is 70.8 Å². The summed E-state index contributed by atoms with van der Waals surface area (Å²) in [6.45, 7) is 0. The molecule has 154 valence electrons. The van der Waals surface area contributed by atoms with Crippen molar-refractivity contribution in [1.29, 1.82) is 0 Å². The number of halogens is 2. The van der Waals surface area contributed by atoms with Gasteiger partial charge in [0.2, 0.25) is 0 Å². The lowest BCUT2D eigenvalue weighted by Gasteiger charge is -2.30. The van der Waals surface area contributed by atoms with E-state index in [4.69, 9.17) is 4.74 Å². The summed E-state index contributed by atoms with van der Waals surface area (Å²) in [5.74, 6) is -0.824. The average Bonchev–Trinajstić information content (AvgIpc) is 2.77. The molecule has 0 aromatic heterocycles. The van der Waals surface area contributed by atoms with Gasteiger partial charge in [0.1, 0.15) is 0 Å². The smallest absolute Gasteiger partial charge is 0.164 e. The van der Waals surface area contributed by atoms with Crippen LogP contribution < -0.4 is 9.64 Å². The summed E-state index contributed by atoms with van der Waals surface area (Å²) in [5, 5.41) is 19.4. The van der Waals surface area contributed by atoms with Crippen molar-refractivity contribution in [1.82, 2.24) is 0 Å². The number of benzene rings is 4. The number of phenols is 2. The molecule has 0 fully saturated rings. The molecule has 0 aliphatic carbocycles. The van der Waals surface area contributed by atoms with Crippen molar-refractivity contribution >= 4 is 11.4 Å². The lowest BCUT2D eigenvalue weighted by atomic mass is 10.0. The second-order valence-corrected chi connectivity index (χ2v) is 7.36. The SMILES string of the molecule is CN1c2cc(-c3ccc(F)c(O)c3)ccc2Oc2ccc(-c3ccc(F)c(O)c3)cc21. The summed E-state index contributed by atoms with van der Waals surface area (Å²) in [6, 6.07) is 19.6. The molecular formula is C25H17F2NO3. The second kappa shape index (κ2) is 7.02. The van der Waals surface area contributed by atoms with Gasteiger partial charge in [0.05, 0.1) is 11.4 Å². The van der Waals surface area contributed by atoms with Crippen LogP contribution in [-0.2, 0) is 0 Å². The first-order valence-corrected chi connectivity index (χ1v) is 9.58. The molecule has 0 atom stereocenters. The Kier molecular flexibility index (Phi) is 4.29. The number of nitrogens with zero attached hydrogens (tertiary/aromatic N) is 1. The Labute approximate surface area is 177 Å². The molecule has 0 saturated heterocycles. The van der Waals surface area contributed by atoms with Crippen LogP contribution in [0.25, 0.3) is 22.3 Å². The van der Waals surface area contributed by atoms with E-state index in [1.807, 2.05) is 48.3 Å². The van der Waals surface area contributed by atoms with E-state index < -0.39 is 23.1 Å². The van der Waals surface area contributed by atoms with Gasteiger partial charge >= 0.3 is 0 Å². The first-order valence-electron chi connectivity index (χ1n) is 9.58. The third-order valence-electron chi connectivity index (χ3n) is 5.42. The molecule has 4 aromatic carbocycles. The first-order chi connectivity index (χ1) is 14.9. The molecular weight excluding hydrogens is 400 g/mol. The monoisotopic (exact) mass is 417 g/mol. The fraction of sp³-hybridized carbons (Fsp3) is 0.0400. The normalized spacial score (nSPS) is 12.2. The Morgan fingerprint density at radius 1 is 0.613 bits per heavy atom. The first kappa shape index (κ1) is 18.9. The van der Waals surface area contributed by atoms with Crippen molar-refractivity contribution in [3.05, 3.63) is 84.4 Å². The van der Waals surface area contributed by atoms with E-state index in [0.717, 1.165) is 22.5 Å². The van der Waals surface area contributed by atoms with Crippen LogP contribution in [0.2, 0.25) is 0 Å². The Hall–Kier alpha value is -4.06. The summed E-state index contributed by atoms with van der Waals surface area (Å²) in [7, 11) is 1.90. The molecule has 6 heteroatoms. The van der Waals surface area contributed by atoms with Crippen LogP contribution in [0.1, 0.15) is 0 Å². The molecule has 2 N–H and O–H groups in total. The highest BCUT2D eigenvalue weighted by atomic mass is 19.1. The minimum atomic E-state index is -0.671. The van der Waals surface area contributed by atoms with Crippen LogP contribution in [-0.4, -0.2) is 17.3 Å². The van der Waals surface area contributed by atoms with E-state index in [1.165, 1.54) is 24.3 Å². The fourth-order valence-electron chi connectivity index (χ4n) is 3.72. The highest BCUT2D eigenvalue weighted by Crippen LogP contribution is 2.48. The van der Waals surface area contributed by atoms with Gasteiger partial charge in [-0.1, -0.05) is 24.3 Å². The maximum Gasteiger partial charge on any atom is 0.164 e. The van der Waals surface area contributed by atoms with Crippen molar-refractivity contribution in [2.24, 2.45) is 0 Å². The fourth-order valence-corrected chi connectivity index (χ4v) is 3.72. The number of rotatable bonds is 2. The maximum absolute atomic E-state index is 13.4. The molecule has 4 aromatic rings. The molecule has 0 radical (unpaired) electrons. The van der Waals surface area contributed by atoms with Gasteiger partial charge in [-0.3, -0.25) is 0 Å². The summed E-state index contributed by atoms with van der Waals surface area (Å²) in [4.78, 5) is 1.97. The third-order valence-corrected chi connectivity index (χ3v) is 5.42. The van der Waals surface area contributed by atoms with Crippen LogP contribution in [0.15, 0.2) is 72.8 Å². The predicted octanol–water partition coefficient (Wildman–Crippen LogP) is 6.58. The Morgan fingerprint density at radius 2 is 1.00 bits per heavy atom. The minimum absolute atomic E-state index is 0.405. The zero-order valence-electron chi connectivity index (χ0n) is 16.4. The minimum Gasteiger partial charge on any atom is -0.505 e. The van der Waals surface area contributed by atoms with E-state index >= 15 is 0 Å². The maximum atomic E-state index is 13.4. The summed E-state index contributed by atoms with van der Waals surface area (Å²) < 4.78 is 32.9. The van der Waals surface area contributed by atoms with E-state index in [1.54, 1.807) is 12.1 Å². The molecule has 0 amide bonds. The number of ether oxygens (including phenoxy) is 1. The molecule has 1 aliphatic heterocycles. The van der Waals surface area contributed by atoms with Crippen LogP contribution in [0.5, 0.6) is 23.0 Å². The number of hydrogen-bond acceptors (Lipinski definition) is 4. The zero-order chi connectivity index (χ0) is 21.7. The third kappa shape index (κ3) is 3.22. The van der Waals surface area contributed by atoms with E-state index in [9.17, 15) is 19.0 Å². The molecule has 0 bridgehead atoms. The van der Waals surface area contributed by atoms with Crippen molar-refractivity contribution < 1.29 is 23.7 Å². The van der Waals surface area contributed by atoms with Gasteiger partial charge in [0, 0.05) is 7.05 Å². The molecule has 0 spiro atoms. The van der Waals surface area contributed by atoms with Gasteiger partial charge in [-0.25, -0.2) is 8.78 Å². The van der Waals surface area contributed by atoms with Gasteiger partial charge in [-0.2, -0.15) is 0 Å². The van der Waals surface area contributed by atoms with Crippen molar-refractivity contribution in [3.8, 4) is 45.3 Å². The Morgan fingerprint density at radius 3 is 1.42 bits per heavy atom. The highest BCUT2D eigenvalue weighted by molar-refractivity contribution is 5.84. The van der Waals surface area contributed by atoms with Crippen molar-refractivity contribution in [2.75, 3.05) is 11.9 Å². The second-order valence-electron chi connectivity index (χ2n) is 7.36. The van der Waals surface area contributed by atoms with Crippen molar-refractivity contribution in [3.63, 3.8) is 0 Å². The summed E-state index contributed by atoms with van der Waals surface area (Å²) >= 11 is 0. The molecule has 0 saturated carbocycles.